The lowest BCUT2D eigenvalue weighted by atomic mass is 10.1. The number of amidine groups is 1. The summed E-state index contributed by atoms with van der Waals surface area (Å²) in [4.78, 5) is 12.5. The van der Waals surface area contributed by atoms with Crippen LogP contribution in [-0.2, 0) is 0 Å². The Hall–Kier alpha value is -2.82. The van der Waals surface area contributed by atoms with Crippen LogP contribution in [0.3, 0.4) is 0 Å². The van der Waals surface area contributed by atoms with Gasteiger partial charge in [-0.25, -0.2) is 4.98 Å². The molecular formula is C16H15N5. The highest BCUT2D eigenvalue weighted by Gasteiger charge is 2.15. The summed E-state index contributed by atoms with van der Waals surface area (Å²) in [5.41, 5.74) is 10.5. The molecular weight excluding hydrogens is 262 g/mol. The predicted octanol–water partition coefficient (Wildman–Crippen LogP) is 2.16. The Balaban J connectivity index is 1.88. The third-order valence-corrected chi connectivity index (χ3v) is 3.62. The standard InChI is InChI=1S/C16H15N5/c17-10-5-6-13-14(9-10)21-16(20-13)12-4-2-1-3-11(12)15-18-7-8-19-15/h1-6,9H,7-8,17H2,(H,18,19)(H,20,21). The van der Waals surface area contributed by atoms with Crippen molar-refractivity contribution in [1.29, 1.82) is 0 Å². The second-order valence-electron chi connectivity index (χ2n) is 5.06. The van der Waals surface area contributed by atoms with Crippen molar-refractivity contribution in [3.63, 3.8) is 0 Å². The van der Waals surface area contributed by atoms with Gasteiger partial charge in [-0.3, -0.25) is 4.99 Å². The van der Waals surface area contributed by atoms with E-state index in [9.17, 15) is 0 Å². The van der Waals surface area contributed by atoms with E-state index in [0.29, 0.717) is 0 Å². The molecule has 0 bridgehead atoms. The van der Waals surface area contributed by atoms with Gasteiger partial charge in [0.2, 0.25) is 0 Å². The van der Waals surface area contributed by atoms with Gasteiger partial charge in [0.25, 0.3) is 0 Å². The van der Waals surface area contributed by atoms with Gasteiger partial charge in [-0.2, -0.15) is 0 Å². The molecule has 0 aliphatic carbocycles. The summed E-state index contributed by atoms with van der Waals surface area (Å²) in [5, 5.41) is 3.31. The Bertz CT molecular complexity index is 847. The van der Waals surface area contributed by atoms with Gasteiger partial charge >= 0.3 is 0 Å². The lowest BCUT2D eigenvalue weighted by molar-refractivity contribution is 0.960. The van der Waals surface area contributed by atoms with Crippen molar-refractivity contribution in [2.75, 3.05) is 18.8 Å². The molecule has 1 aliphatic rings. The number of aliphatic imine (C=N–C) groups is 1. The van der Waals surface area contributed by atoms with Crippen LogP contribution in [0.2, 0.25) is 0 Å². The molecule has 0 spiro atoms. The van der Waals surface area contributed by atoms with Crippen LogP contribution in [-0.4, -0.2) is 28.9 Å². The van der Waals surface area contributed by atoms with Crippen molar-refractivity contribution in [3.05, 3.63) is 48.0 Å². The summed E-state index contributed by atoms with van der Waals surface area (Å²) in [6.07, 6.45) is 0. The highest BCUT2D eigenvalue weighted by atomic mass is 15.1. The van der Waals surface area contributed by atoms with E-state index < -0.39 is 0 Å². The summed E-state index contributed by atoms with van der Waals surface area (Å²) in [5.74, 6) is 1.77. The highest BCUT2D eigenvalue weighted by Crippen LogP contribution is 2.25. The van der Waals surface area contributed by atoms with Crippen LogP contribution < -0.4 is 11.1 Å². The van der Waals surface area contributed by atoms with Gasteiger partial charge < -0.3 is 16.0 Å². The molecule has 5 heteroatoms. The Morgan fingerprint density at radius 1 is 1.05 bits per heavy atom. The van der Waals surface area contributed by atoms with Crippen LogP contribution in [0.15, 0.2) is 47.5 Å². The number of anilines is 1. The first kappa shape index (κ1) is 12.0. The van der Waals surface area contributed by atoms with Crippen LogP contribution >= 0.6 is 0 Å². The van der Waals surface area contributed by atoms with E-state index in [1.54, 1.807) is 0 Å². The van der Waals surface area contributed by atoms with Gasteiger partial charge in [-0.05, 0) is 18.2 Å². The molecule has 0 unspecified atom stereocenters. The van der Waals surface area contributed by atoms with Crippen molar-refractivity contribution < 1.29 is 0 Å². The molecule has 2 aromatic carbocycles. The molecule has 0 saturated heterocycles. The van der Waals surface area contributed by atoms with E-state index >= 15 is 0 Å². The number of nitrogen functional groups attached to an aromatic ring is 1. The number of hydrogen-bond acceptors (Lipinski definition) is 4. The number of imidazole rings is 1. The fourth-order valence-electron chi connectivity index (χ4n) is 2.63. The van der Waals surface area contributed by atoms with Crippen molar-refractivity contribution in [3.8, 4) is 11.4 Å². The smallest absolute Gasteiger partial charge is 0.139 e. The number of aromatic nitrogens is 2. The van der Waals surface area contributed by atoms with E-state index in [2.05, 4.69) is 32.4 Å². The lowest BCUT2D eigenvalue weighted by Crippen LogP contribution is -2.20. The normalized spacial score (nSPS) is 14.2. The van der Waals surface area contributed by atoms with Gasteiger partial charge in [-0.15, -0.1) is 0 Å². The quantitative estimate of drug-likeness (QED) is 0.628. The maximum absolute atomic E-state index is 5.82. The molecule has 0 atom stereocenters. The largest absolute Gasteiger partial charge is 0.399 e. The predicted molar refractivity (Wildman–Crippen MR) is 85.3 cm³/mol. The van der Waals surface area contributed by atoms with Crippen molar-refractivity contribution in [2.45, 2.75) is 0 Å². The molecule has 3 aromatic rings. The maximum atomic E-state index is 5.82. The van der Waals surface area contributed by atoms with E-state index in [1.807, 2.05) is 30.3 Å². The van der Waals surface area contributed by atoms with Crippen molar-refractivity contribution >= 4 is 22.6 Å². The second-order valence-corrected chi connectivity index (χ2v) is 5.06. The minimum absolute atomic E-state index is 0.729. The molecule has 0 amide bonds. The molecule has 5 nitrogen and oxygen atoms in total. The van der Waals surface area contributed by atoms with Crippen LogP contribution in [0.1, 0.15) is 5.56 Å². The average molecular weight is 277 g/mol. The van der Waals surface area contributed by atoms with E-state index in [0.717, 1.165) is 52.6 Å². The number of nitrogens with one attached hydrogen (secondary N) is 2. The minimum Gasteiger partial charge on any atom is -0.399 e. The topological polar surface area (TPSA) is 79.1 Å². The number of benzene rings is 2. The molecule has 2 heterocycles. The number of hydrogen-bond donors (Lipinski definition) is 3. The van der Waals surface area contributed by atoms with Gasteiger partial charge in [0.05, 0.1) is 17.6 Å². The second kappa shape index (κ2) is 4.63. The first-order valence-corrected chi connectivity index (χ1v) is 6.94. The number of fused-ring (bicyclic) bond motifs is 1. The maximum Gasteiger partial charge on any atom is 0.139 e. The summed E-state index contributed by atoms with van der Waals surface area (Å²) in [6.45, 7) is 1.71. The minimum atomic E-state index is 0.729. The summed E-state index contributed by atoms with van der Waals surface area (Å²) in [7, 11) is 0. The SMILES string of the molecule is Nc1ccc2nc(-c3ccccc3C3=NCCN3)[nH]c2c1. The molecule has 0 radical (unpaired) electrons. The van der Waals surface area contributed by atoms with Crippen molar-refractivity contribution in [2.24, 2.45) is 4.99 Å². The van der Waals surface area contributed by atoms with Crippen LogP contribution in [0.25, 0.3) is 22.4 Å². The number of aromatic amines is 1. The van der Waals surface area contributed by atoms with Crippen LogP contribution in [0.5, 0.6) is 0 Å². The third kappa shape index (κ3) is 2.03. The van der Waals surface area contributed by atoms with Gasteiger partial charge in [0, 0.05) is 23.4 Å². The average Bonchev–Trinajstić information content (AvgIpc) is 3.16. The van der Waals surface area contributed by atoms with Gasteiger partial charge in [-0.1, -0.05) is 24.3 Å². The Kier molecular flexibility index (Phi) is 2.64. The molecule has 21 heavy (non-hydrogen) atoms. The Labute approximate surface area is 121 Å². The Morgan fingerprint density at radius 2 is 1.90 bits per heavy atom. The Morgan fingerprint density at radius 3 is 2.71 bits per heavy atom. The highest BCUT2D eigenvalue weighted by molar-refractivity contribution is 6.05. The third-order valence-electron chi connectivity index (χ3n) is 3.62. The molecule has 0 fully saturated rings. The molecule has 4 N–H and O–H groups in total. The first-order chi connectivity index (χ1) is 10.3. The summed E-state index contributed by atoms with van der Waals surface area (Å²) < 4.78 is 0. The van der Waals surface area contributed by atoms with Gasteiger partial charge in [0.15, 0.2) is 0 Å². The van der Waals surface area contributed by atoms with Crippen molar-refractivity contribution in [1.82, 2.24) is 15.3 Å². The molecule has 1 aromatic heterocycles. The number of H-pyrrole nitrogens is 1. The fraction of sp³-hybridized carbons (Fsp3) is 0.125. The monoisotopic (exact) mass is 277 g/mol. The number of nitrogens with two attached hydrogens (primary N) is 1. The van der Waals surface area contributed by atoms with E-state index in [4.69, 9.17) is 5.73 Å². The van der Waals surface area contributed by atoms with E-state index in [1.165, 1.54) is 0 Å². The molecule has 1 aliphatic heterocycles. The molecule has 4 rings (SSSR count). The number of nitrogens with zero attached hydrogens (tertiary/aromatic N) is 2. The lowest BCUT2D eigenvalue weighted by Gasteiger charge is -2.07. The zero-order chi connectivity index (χ0) is 14.2. The van der Waals surface area contributed by atoms with Crippen LogP contribution in [0.4, 0.5) is 5.69 Å². The molecule has 0 saturated carbocycles. The van der Waals surface area contributed by atoms with Gasteiger partial charge in [0.1, 0.15) is 11.7 Å². The molecule has 104 valence electrons. The summed E-state index contributed by atoms with van der Waals surface area (Å²) in [6, 6.07) is 13.8. The number of rotatable bonds is 2. The zero-order valence-corrected chi connectivity index (χ0v) is 11.4. The summed E-state index contributed by atoms with van der Waals surface area (Å²) >= 11 is 0. The van der Waals surface area contributed by atoms with Crippen LogP contribution in [0, 0.1) is 0 Å². The van der Waals surface area contributed by atoms with E-state index in [-0.39, 0.29) is 0 Å². The zero-order valence-electron chi connectivity index (χ0n) is 11.4. The first-order valence-electron chi connectivity index (χ1n) is 6.94. The fourth-order valence-corrected chi connectivity index (χ4v) is 2.63.